The van der Waals surface area contributed by atoms with Crippen LogP contribution in [0.1, 0.15) is 5.69 Å². The average Bonchev–Trinajstić information content (AvgIpc) is 1.97. The molecule has 0 radical (unpaired) electrons. The summed E-state index contributed by atoms with van der Waals surface area (Å²) in [5.74, 6) is -0.367. The van der Waals surface area contributed by atoms with Gasteiger partial charge in [-0.2, -0.15) is 0 Å². The van der Waals surface area contributed by atoms with Crippen molar-refractivity contribution in [2.75, 3.05) is 6.26 Å². The van der Waals surface area contributed by atoms with Gasteiger partial charge in [-0.3, -0.25) is 4.79 Å². The molecule has 0 atom stereocenters. The predicted molar refractivity (Wildman–Crippen MR) is 43.5 cm³/mol. The van der Waals surface area contributed by atoms with Gasteiger partial charge in [-0.15, -0.1) is 11.8 Å². The Kier molecular flexibility index (Phi) is 2.34. The van der Waals surface area contributed by atoms with Gasteiger partial charge in [0.25, 0.3) is 5.56 Å². The maximum absolute atomic E-state index is 12.8. The van der Waals surface area contributed by atoms with Crippen LogP contribution < -0.4 is 5.56 Å². The number of hydrogen-bond acceptors (Lipinski definition) is 2. The molecule has 1 heterocycles. The Balaban J connectivity index is 3.32. The van der Waals surface area contributed by atoms with Gasteiger partial charge in [-0.1, -0.05) is 0 Å². The van der Waals surface area contributed by atoms with Gasteiger partial charge in [0.05, 0.1) is 10.6 Å². The lowest BCUT2D eigenvalue weighted by Crippen LogP contribution is -2.10. The number of pyridine rings is 1. The predicted octanol–water partition coefficient (Wildman–Crippen LogP) is 1.54. The molecule has 1 rings (SSSR count). The molecule has 11 heavy (non-hydrogen) atoms. The Morgan fingerprint density at radius 2 is 2.27 bits per heavy atom. The van der Waals surface area contributed by atoms with Crippen molar-refractivity contribution in [1.82, 2.24) is 4.98 Å². The van der Waals surface area contributed by atoms with Crippen molar-refractivity contribution >= 4 is 11.8 Å². The van der Waals surface area contributed by atoms with Crippen LogP contribution in [0.4, 0.5) is 4.39 Å². The van der Waals surface area contributed by atoms with E-state index in [2.05, 4.69) is 4.98 Å². The fourth-order valence-electron chi connectivity index (χ4n) is 0.732. The number of H-pyrrole nitrogens is 1. The van der Waals surface area contributed by atoms with Crippen molar-refractivity contribution in [1.29, 1.82) is 0 Å². The van der Waals surface area contributed by atoms with Crippen LogP contribution >= 0.6 is 11.8 Å². The van der Waals surface area contributed by atoms with Crippen molar-refractivity contribution in [3.63, 3.8) is 0 Å². The molecule has 60 valence electrons. The Hall–Kier alpha value is -0.770. The Morgan fingerprint density at radius 3 is 2.82 bits per heavy atom. The molecule has 0 amide bonds. The normalized spacial score (nSPS) is 10.1. The molecule has 0 bridgehead atoms. The first-order valence-electron chi connectivity index (χ1n) is 3.08. The van der Waals surface area contributed by atoms with Crippen molar-refractivity contribution in [2.45, 2.75) is 11.8 Å². The first-order chi connectivity index (χ1) is 5.15. The molecule has 1 aromatic rings. The Labute approximate surface area is 67.8 Å². The Morgan fingerprint density at radius 1 is 1.64 bits per heavy atom. The SMILES string of the molecule is CSc1cc(F)c(C)[nH]c1=O. The van der Waals surface area contributed by atoms with Crippen LogP contribution in [0.3, 0.4) is 0 Å². The van der Waals surface area contributed by atoms with Gasteiger partial charge in [-0.25, -0.2) is 4.39 Å². The zero-order valence-corrected chi connectivity index (χ0v) is 7.09. The second kappa shape index (κ2) is 3.09. The van der Waals surface area contributed by atoms with Gasteiger partial charge < -0.3 is 4.98 Å². The lowest BCUT2D eigenvalue weighted by molar-refractivity contribution is 0.602. The highest BCUT2D eigenvalue weighted by Gasteiger charge is 2.02. The zero-order valence-electron chi connectivity index (χ0n) is 6.27. The summed E-state index contributed by atoms with van der Waals surface area (Å²) in [4.78, 5) is 13.8. The number of halogens is 1. The lowest BCUT2D eigenvalue weighted by Gasteiger charge is -1.97. The third-order valence-corrected chi connectivity index (χ3v) is 2.10. The standard InChI is InChI=1S/C7H8FNOS/c1-4-5(8)3-6(11-2)7(10)9-4/h3H,1-2H3,(H,9,10). The highest BCUT2D eigenvalue weighted by molar-refractivity contribution is 7.98. The van der Waals surface area contributed by atoms with E-state index >= 15 is 0 Å². The van der Waals surface area contributed by atoms with E-state index in [9.17, 15) is 9.18 Å². The summed E-state index contributed by atoms with van der Waals surface area (Å²) >= 11 is 1.23. The monoisotopic (exact) mass is 173 g/mol. The smallest absolute Gasteiger partial charge is 0.261 e. The summed E-state index contributed by atoms with van der Waals surface area (Å²) < 4.78 is 12.8. The van der Waals surface area contributed by atoms with Crippen molar-refractivity contribution in [2.24, 2.45) is 0 Å². The van der Waals surface area contributed by atoms with Gasteiger partial charge in [0.1, 0.15) is 5.82 Å². The molecular formula is C7H8FNOS. The first-order valence-corrected chi connectivity index (χ1v) is 4.31. The second-order valence-corrected chi connectivity index (χ2v) is 2.99. The zero-order chi connectivity index (χ0) is 8.43. The molecule has 0 aliphatic heterocycles. The summed E-state index contributed by atoms with van der Waals surface area (Å²) in [6.07, 6.45) is 1.74. The van der Waals surface area contributed by atoms with E-state index < -0.39 is 0 Å². The minimum atomic E-state index is -0.367. The largest absolute Gasteiger partial charge is 0.323 e. The van der Waals surface area contributed by atoms with Crippen LogP contribution in [0.2, 0.25) is 0 Å². The fraction of sp³-hybridized carbons (Fsp3) is 0.286. The fourth-order valence-corrected chi connectivity index (χ4v) is 1.19. The molecule has 0 saturated heterocycles. The van der Waals surface area contributed by atoms with Gasteiger partial charge in [0.2, 0.25) is 0 Å². The van der Waals surface area contributed by atoms with E-state index in [-0.39, 0.29) is 17.1 Å². The van der Waals surface area contributed by atoms with Crippen LogP contribution in [0.15, 0.2) is 15.8 Å². The molecule has 2 nitrogen and oxygen atoms in total. The van der Waals surface area contributed by atoms with Crippen molar-refractivity contribution in [3.8, 4) is 0 Å². The van der Waals surface area contributed by atoms with E-state index in [0.717, 1.165) is 0 Å². The average molecular weight is 173 g/mol. The van der Waals surface area contributed by atoms with Crippen LogP contribution in [0.5, 0.6) is 0 Å². The van der Waals surface area contributed by atoms with Crippen LogP contribution in [-0.4, -0.2) is 11.2 Å². The van der Waals surface area contributed by atoms with E-state index in [1.54, 1.807) is 6.26 Å². The third-order valence-electron chi connectivity index (χ3n) is 1.36. The maximum atomic E-state index is 12.8. The molecule has 0 saturated carbocycles. The van der Waals surface area contributed by atoms with E-state index in [4.69, 9.17) is 0 Å². The second-order valence-electron chi connectivity index (χ2n) is 2.14. The lowest BCUT2D eigenvalue weighted by atomic mass is 10.4. The first kappa shape index (κ1) is 8.33. The van der Waals surface area contributed by atoms with Crippen molar-refractivity contribution < 1.29 is 4.39 Å². The molecule has 0 aliphatic rings. The third kappa shape index (κ3) is 1.63. The Bertz CT molecular complexity index is 321. The molecule has 0 spiro atoms. The van der Waals surface area contributed by atoms with E-state index in [0.29, 0.717) is 4.90 Å². The number of aromatic amines is 1. The summed E-state index contributed by atoms with van der Waals surface area (Å²) in [5, 5.41) is 0. The summed E-state index contributed by atoms with van der Waals surface area (Å²) in [6, 6.07) is 1.25. The number of rotatable bonds is 1. The molecule has 1 N–H and O–H groups in total. The molecule has 0 fully saturated rings. The minimum absolute atomic E-state index is 0.226. The maximum Gasteiger partial charge on any atom is 0.261 e. The number of aromatic nitrogens is 1. The van der Waals surface area contributed by atoms with Gasteiger partial charge >= 0.3 is 0 Å². The minimum Gasteiger partial charge on any atom is -0.323 e. The van der Waals surface area contributed by atoms with E-state index in [1.807, 2.05) is 0 Å². The summed E-state index contributed by atoms with van der Waals surface area (Å²) in [6.45, 7) is 1.53. The highest BCUT2D eigenvalue weighted by atomic mass is 32.2. The molecule has 0 aliphatic carbocycles. The quantitative estimate of drug-likeness (QED) is 0.653. The van der Waals surface area contributed by atoms with Crippen LogP contribution in [0, 0.1) is 12.7 Å². The topological polar surface area (TPSA) is 32.9 Å². The van der Waals surface area contributed by atoms with Crippen LogP contribution in [0.25, 0.3) is 0 Å². The van der Waals surface area contributed by atoms with Crippen LogP contribution in [-0.2, 0) is 0 Å². The summed E-state index contributed by atoms with van der Waals surface area (Å²) in [7, 11) is 0. The molecule has 4 heteroatoms. The molecule has 0 aromatic carbocycles. The van der Waals surface area contributed by atoms with Gasteiger partial charge in [0, 0.05) is 0 Å². The molecular weight excluding hydrogens is 165 g/mol. The molecule has 0 unspecified atom stereocenters. The van der Waals surface area contributed by atoms with Gasteiger partial charge in [-0.05, 0) is 19.2 Å². The van der Waals surface area contributed by atoms with E-state index in [1.165, 1.54) is 24.8 Å². The number of thioether (sulfide) groups is 1. The van der Waals surface area contributed by atoms with Gasteiger partial charge in [0.15, 0.2) is 0 Å². The summed E-state index contributed by atoms with van der Waals surface area (Å²) in [5.41, 5.74) is 0.0594. The number of nitrogens with one attached hydrogen (secondary N) is 1. The molecule has 1 aromatic heterocycles. The highest BCUT2D eigenvalue weighted by Crippen LogP contribution is 2.10. The van der Waals surface area contributed by atoms with Crippen molar-refractivity contribution in [3.05, 3.63) is 27.9 Å². The number of hydrogen-bond donors (Lipinski definition) is 1. The number of aryl methyl sites for hydroxylation is 1.